The molecule has 1 aliphatic rings. The smallest absolute Gasteiger partial charge is 0.442 e. The summed E-state index contributed by atoms with van der Waals surface area (Å²) in [6.45, 7) is 7.41. The van der Waals surface area contributed by atoms with E-state index in [1.807, 2.05) is 37.3 Å². The fourth-order valence-electron chi connectivity index (χ4n) is 2.51. The van der Waals surface area contributed by atoms with Crippen molar-refractivity contribution in [1.82, 2.24) is 5.06 Å². The van der Waals surface area contributed by atoms with Crippen LogP contribution in [0.25, 0.3) is 5.76 Å². The number of allylic oxidation sites excluding steroid dienone is 1. The molecule has 0 N–H and O–H groups in total. The van der Waals surface area contributed by atoms with E-state index in [9.17, 15) is 9.59 Å². The summed E-state index contributed by atoms with van der Waals surface area (Å²) in [5.74, 6) is 0.309. The summed E-state index contributed by atoms with van der Waals surface area (Å²) in [5, 5.41) is 1.22. The third kappa shape index (κ3) is 4.85. The zero-order chi connectivity index (χ0) is 17.7. The first-order valence-electron chi connectivity index (χ1n) is 8.30. The van der Waals surface area contributed by atoms with E-state index in [2.05, 4.69) is 0 Å². The molecule has 5 heteroatoms. The van der Waals surface area contributed by atoms with Gasteiger partial charge in [0.05, 0.1) is 6.04 Å². The minimum Gasteiger partial charge on any atom is -0.442 e. The first kappa shape index (κ1) is 18.0. The van der Waals surface area contributed by atoms with Gasteiger partial charge in [0.1, 0.15) is 5.60 Å². The molecule has 5 nitrogen and oxygen atoms in total. The van der Waals surface area contributed by atoms with Gasteiger partial charge in [0, 0.05) is 18.1 Å². The van der Waals surface area contributed by atoms with Crippen molar-refractivity contribution in [3.8, 4) is 0 Å². The molecule has 0 aromatic heterocycles. The average molecular weight is 331 g/mol. The minimum absolute atomic E-state index is 0.0571. The molecule has 1 atom stereocenters. The van der Waals surface area contributed by atoms with Gasteiger partial charge in [0.15, 0.2) is 11.5 Å². The molecule has 1 aromatic rings. The quantitative estimate of drug-likeness (QED) is 0.827. The molecule has 0 aliphatic carbocycles. The van der Waals surface area contributed by atoms with Crippen LogP contribution < -0.4 is 0 Å². The Morgan fingerprint density at radius 1 is 1.29 bits per heavy atom. The van der Waals surface area contributed by atoms with E-state index in [1.165, 1.54) is 11.1 Å². The molecule has 0 saturated heterocycles. The lowest BCUT2D eigenvalue weighted by atomic mass is 10.0. The van der Waals surface area contributed by atoms with Crippen molar-refractivity contribution in [3.63, 3.8) is 0 Å². The van der Waals surface area contributed by atoms with Crippen LogP contribution >= 0.6 is 0 Å². The van der Waals surface area contributed by atoms with Crippen LogP contribution in [-0.2, 0) is 14.4 Å². The second-order valence-corrected chi connectivity index (χ2v) is 6.88. The first-order valence-corrected chi connectivity index (χ1v) is 8.30. The standard InChI is InChI=1S/C19H25NO4/c1-5-9-15-12-16(21)13-17(14-10-7-6-8-11-14)24-20(15)18(22)23-19(2,3)4/h6-8,10-11,13,15H,5,9,12H2,1-4H3. The number of benzene rings is 1. The molecule has 1 heterocycles. The monoisotopic (exact) mass is 331 g/mol. The second-order valence-electron chi connectivity index (χ2n) is 6.88. The van der Waals surface area contributed by atoms with Crippen LogP contribution in [0, 0.1) is 0 Å². The van der Waals surface area contributed by atoms with Gasteiger partial charge >= 0.3 is 6.09 Å². The molecule has 2 rings (SSSR count). The Balaban J connectivity index is 2.31. The Morgan fingerprint density at radius 3 is 2.54 bits per heavy atom. The maximum atomic E-state index is 12.6. The summed E-state index contributed by atoms with van der Waals surface area (Å²) in [7, 11) is 0. The highest BCUT2D eigenvalue weighted by atomic mass is 16.7. The molecule has 130 valence electrons. The van der Waals surface area contributed by atoms with Crippen LogP contribution in [0.15, 0.2) is 36.4 Å². The minimum atomic E-state index is -0.635. The number of hydrogen-bond donors (Lipinski definition) is 0. The zero-order valence-electron chi connectivity index (χ0n) is 14.7. The van der Waals surface area contributed by atoms with E-state index in [-0.39, 0.29) is 18.2 Å². The maximum absolute atomic E-state index is 12.6. The van der Waals surface area contributed by atoms with Gasteiger partial charge in [-0.3, -0.25) is 4.79 Å². The number of hydrogen-bond acceptors (Lipinski definition) is 4. The number of hydroxylamine groups is 2. The number of amides is 1. The van der Waals surface area contributed by atoms with Crippen molar-refractivity contribution in [3.05, 3.63) is 42.0 Å². The summed E-state index contributed by atoms with van der Waals surface area (Å²) >= 11 is 0. The third-order valence-electron chi connectivity index (χ3n) is 3.51. The fraction of sp³-hybridized carbons (Fsp3) is 0.474. The Bertz CT molecular complexity index is 616. The predicted molar refractivity (Wildman–Crippen MR) is 91.9 cm³/mol. The van der Waals surface area contributed by atoms with Crippen LogP contribution in [0.2, 0.25) is 0 Å². The van der Waals surface area contributed by atoms with E-state index in [4.69, 9.17) is 9.57 Å². The van der Waals surface area contributed by atoms with E-state index in [1.54, 1.807) is 20.8 Å². The number of carbonyl (C=O) groups excluding carboxylic acids is 2. The van der Waals surface area contributed by atoms with Gasteiger partial charge in [-0.05, 0) is 27.2 Å². The average Bonchev–Trinajstić information content (AvgIpc) is 2.66. The Kier molecular flexibility index (Phi) is 5.65. The summed E-state index contributed by atoms with van der Waals surface area (Å²) < 4.78 is 5.45. The van der Waals surface area contributed by atoms with Crippen molar-refractivity contribution in [2.24, 2.45) is 0 Å². The van der Waals surface area contributed by atoms with E-state index < -0.39 is 11.7 Å². The van der Waals surface area contributed by atoms with Gasteiger partial charge in [-0.2, -0.15) is 0 Å². The first-order chi connectivity index (χ1) is 11.3. The van der Waals surface area contributed by atoms with Gasteiger partial charge in [-0.1, -0.05) is 43.7 Å². The van der Waals surface area contributed by atoms with Crippen LogP contribution in [0.1, 0.15) is 52.5 Å². The Hall–Kier alpha value is -2.30. The lowest BCUT2D eigenvalue weighted by Gasteiger charge is -2.31. The zero-order valence-corrected chi connectivity index (χ0v) is 14.7. The van der Waals surface area contributed by atoms with Crippen LogP contribution in [-0.4, -0.2) is 28.6 Å². The van der Waals surface area contributed by atoms with Gasteiger partial charge in [0.25, 0.3) is 0 Å². The van der Waals surface area contributed by atoms with Crippen molar-refractivity contribution in [2.75, 3.05) is 0 Å². The highest BCUT2D eigenvalue weighted by Crippen LogP contribution is 2.27. The van der Waals surface area contributed by atoms with Crippen LogP contribution in [0.3, 0.4) is 0 Å². The lowest BCUT2D eigenvalue weighted by Crippen LogP contribution is -2.43. The van der Waals surface area contributed by atoms with Crippen molar-refractivity contribution < 1.29 is 19.2 Å². The van der Waals surface area contributed by atoms with E-state index in [0.717, 1.165) is 12.0 Å². The number of ketones is 1. The third-order valence-corrected chi connectivity index (χ3v) is 3.51. The van der Waals surface area contributed by atoms with Gasteiger partial charge in [-0.15, -0.1) is 5.06 Å². The molecule has 1 amide bonds. The molecule has 0 bridgehead atoms. The van der Waals surface area contributed by atoms with Crippen molar-refractivity contribution in [1.29, 1.82) is 0 Å². The fourth-order valence-corrected chi connectivity index (χ4v) is 2.51. The van der Waals surface area contributed by atoms with Crippen molar-refractivity contribution in [2.45, 2.75) is 58.6 Å². The topological polar surface area (TPSA) is 55.8 Å². The van der Waals surface area contributed by atoms with Crippen molar-refractivity contribution >= 4 is 17.6 Å². The van der Waals surface area contributed by atoms with E-state index in [0.29, 0.717) is 12.2 Å². The van der Waals surface area contributed by atoms with Crippen LogP contribution in [0.5, 0.6) is 0 Å². The summed E-state index contributed by atoms with van der Waals surface area (Å²) in [4.78, 5) is 30.7. The van der Waals surface area contributed by atoms with Crippen LogP contribution in [0.4, 0.5) is 4.79 Å². The largest absolute Gasteiger partial charge is 0.444 e. The number of rotatable bonds is 3. The molecule has 0 saturated carbocycles. The van der Waals surface area contributed by atoms with Gasteiger partial charge in [-0.25, -0.2) is 4.79 Å². The second kappa shape index (κ2) is 7.51. The summed E-state index contributed by atoms with van der Waals surface area (Å²) in [5.41, 5.74) is 0.112. The molecule has 0 fully saturated rings. The van der Waals surface area contributed by atoms with E-state index >= 15 is 0 Å². The van der Waals surface area contributed by atoms with Gasteiger partial charge < -0.3 is 9.57 Å². The Morgan fingerprint density at radius 2 is 1.96 bits per heavy atom. The molecule has 1 unspecified atom stereocenters. The molecular weight excluding hydrogens is 306 g/mol. The Labute approximate surface area is 143 Å². The number of nitrogens with zero attached hydrogens (tertiary/aromatic N) is 1. The van der Waals surface area contributed by atoms with Gasteiger partial charge in [0.2, 0.25) is 0 Å². The number of ether oxygens (including phenoxy) is 1. The molecule has 0 radical (unpaired) electrons. The number of carbonyl (C=O) groups is 2. The predicted octanol–water partition coefficient (Wildman–Crippen LogP) is 4.34. The lowest BCUT2D eigenvalue weighted by molar-refractivity contribution is -0.126. The highest BCUT2D eigenvalue weighted by molar-refractivity contribution is 5.96. The molecular formula is C19H25NO4. The highest BCUT2D eigenvalue weighted by Gasteiger charge is 2.34. The summed E-state index contributed by atoms with van der Waals surface area (Å²) in [6.07, 6.45) is 2.62. The molecule has 1 aliphatic heterocycles. The summed E-state index contributed by atoms with van der Waals surface area (Å²) in [6, 6.07) is 8.94. The normalized spacial score (nSPS) is 18.5. The molecule has 24 heavy (non-hydrogen) atoms. The molecule has 1 aromatic carbocycles. The maximum Gasteiger partial charge on any atom is 0.444 e. The SMILES string of the molecule is CCCC1CC(=O)C=C(c2ccccc2)ON1C(=O)OC(C)(C)C. The molecule has 0 spiro atoms.